The van der Waals surface area contributed by atoms with Gasteiger partial charge in [-0.05, 0) is 51.3 Å². The lowest BCUT2D eigenvalue weighted by molar-refractivity contribution is 0.0558. The van der Waals surface area contributed by atoms with Gasteiger partial charge in [-0.1, -0.05) is 6.07 Å². The number of hydrogen-bond acceptors (Lipinski definition) is 3. The SMILES string of the molecule is CC(C)(O)CCN1CCCC1c1cccnc1. The van der Waals surface area contributed by atoms with E-state index in [4.69, 9.17) is 0 Å². The number of rotatable bonds is 4. The van der Waals surface area contributed by atoms with Crippen LogP contribution in [0.2, 0.25) is 0 Å². The summed E-state index contributed by atoms with van der Waals surface area (Å²) >= 11 is 0. The first-order valence-electron chi connectivity index (χ1n) is 6.43. The third-order valence-corrected chi connectivity index (χ3v) is 3.44. The van der Waals surface area contributed by atoms with Crippen LogP contribution in [-0.2, 0) is 0 Å². The first-order valence-corrected chi connectivity index (χ1v) is 6.43. The van der Waals surface area contributed by atoms with Gasteiger partial charge in [-0.15, -0.1) is 0 Å². The van der Waals surface area contributed by atoms with E-state index in [1.54, 1.807) is 0 Å². The Morgan fingerprint density at radius 3 is 3.00 bits per heavy atom. The van der Waals surface area contributed by atoms with Crippen molar-refractivity contribution in [3.63, 3.8) is 0 Å². The van der Waals surface area contributed by atoms with Crippen LogP contribution in [-0.4, -0.2) is 33.7 Å². The second kappa shape index (κ2) is 5.15. The summed E-state index contributed by atoms with van der Waals surface area (Å²) in [6.45, 7) is 5.85. The lowest BCUT2D eigenvalue weighted by atomic mass is 10.0. The quantitative estimate of drug-likeness (QED) is 0.869. The number of nitrogens with zero attached hydrogens (tertiary/aromatic N) is 2. The van der Waals surface area contributed by atoms with Crippen molar-refractivity contribution in [1.82, 2.24) is 9.88 Å². The second-order valence-electron chi connectivity index (χ2n) is 5.54. The molecule has 1 aliphatic rings. The molecule has 1 aromatic rings. The van der Waals surface area contributed by atoms with Crippen LogP contribution < -0.4 is 0 Å². The Kier molecular flexibility index (Phi) is 3.79. The van der Waals surface area contributed by atoms with Gasteiger partial charge in [-0.25, -0.2) is 0 Å². The third kappa shape index (κ3) is 3.51. The Hall–Kier alpha value is -0.930. The van der Waals surface area contributed by atoms with Crippen molar-refractivity contribution in [1.29, 1.82) is 0 Å². The van der Waals surface area contributed by atoms with Gasteiger partial charge in [0.05, 0.1) is 5.60 Å². The van der Waals surface area contributed by atoms with Gasteiger partial charge >= 0.3 is 0 Å². The smallest absolute Gasteiger partial charge is 0.0603 e. The van der Waals surface area contributed by atoms with Gasteiger partial charge < -0.3 is 5.11 Å². The van der Waals surface area contributed by atoms with Crippen LogP contribution in [0.25, 0.3) is 0 Å². The van der Waals surface area contributed by atoms with Crippen LogP contribution >= 0.6 is 0 Å². The zero-order valence-corrected chi connectivity index (χ0v) is 10.8. The summed E-state index contributed by atoms with van der Waals surface area (Å²) in [5.74, 6) is 0. The maximum Gasteiger partial charge on any atom is 0.0603 e. The molecule has 2 rings (SSSR count). The van der Waals surface area contributed by atoms with E-state index in [1.165, 1.54) is 18.4 Å². The Morgan fingerprint density at radius 1 is 1.53 bits per heavy atom. The highest BCUT2D eigenvalue weighted by molar-refractivity contribution is 5.15. The first-order chi connectivity index (χ1) is 8.06. The minimum absolute atomic E-state index is 0.492. The molecule has 17 heavy (non-hydrogen) atoms. The highest BCUT2D eigenvalue weighted by Gasteiger charge is 2.27. The van der Waals surface area contributed by atoms with Crippen LogP contribution in [0, 0.1) is 0 Å². The molecule has 0 saturated carbocycles. The Labute approximate surface area is 103 Å². The van der Waals surface area contributed by atoms with Crippen molar-refractivity contribution >= 4 is 0 Å². The molecule has 1 atom stereocenters. The lowest BCUT2D eigenvalue weighted by Crippen LogP contribution is -2.30. The minimum atomic E-state index is -0.567. The van der Waals surface area contributed by atoms with E-state index in [-0.39, 0.29) is 0 Å². The number of aromatic nitrogens is 1. The normalized spacial score (nSPS) is 21.9. The third-order valence-electron chi connectivity index (χ3n) is 3.44. The van der Waals surface area contributed by atoms with Gasteiger partial charge in [0.25, 0.3) is 0 Å². The molecule has 94 valence electrons. The van der Waals surface area contributed by atoms with E-state index in [0.29, 0.717) is 6.04 Å². The van der Waals surface area contributed by atoms with Crippen LogP contribution in [0.4, 0.5) is 0 Å². The Balaban J connectivity index is 1.98. The van der Waals surface area contributed by atoms with E-state index in [1.807, 2.05) is 32.3 Å². The van der Waals surface area contributed by atoms with Gasteiger partial charge in [-0.3, -0.25) is 9.88 Å². The number of pyridine rings is 1. The molecule has 1 aromatic heterocycles. The van der Waals surface area contributed by atoms with E-state index in [9.17, 15) is 5.11 Å². The zero-order valence-electron chi connectivity index (χ0n) is 10.8. The van der Waals surface area contributed by atoms with E-state index in [2.05, 4.69) is 16.0 Å². The number of likely N-dealkylation sites (tertiary alicyclic amines) is 1. The molecule has 1 saturated heterocycles. The van der Waals surface area contributed by atoms with Crippen LogP contribution in [0.15, 0.2) is 24.5 Å². The molecule has 0 amide bonds. The molecule has 1 fully saturated rings. The highest BCUT2D eigenvalue weighted by atomic mass is 16.3. The standard InChI is InChI=1S/C14H22N2O/c1-14(2,17)7-10-16-9-4-6-13(16)12-5-3-8-15-11-12/h3,5,8,11,13,17H,4,6-7,9-10H2,1-2H3. The average Bonchev–Trinajstić information content (AvgIpc) is 2.75. The maximum absolute atomic E-state index is 9.80. The van der Waals surface area contributed by atoms with Crippen LogP contribution in [0.3, 0.4) is 0 Å². The van der Waals surface area contributed by atoms with Gasteiger partial charge in [0, 0.05) is 25.0 Å². The predicted octanol–water partition coefficient (Wildman–Crippen LogP) is 2.38. The van der Waals surface area contributed by atoms with Gasteiger partial charge in [0.15, 0.2) is 0 Å². The highest BCUT2D eigenvalue weighted by Crippen LogP contribution is 2.31. The largest absolute Gasteiger partial charge is 0.390 e. The van der Waals surface area contributed by atoms with Crippen molar-refractivity contribution in [3.05, 3.63) is 30.1 Å². The fourth-order valence-electron chi connectivity index (χ4n) is 2.46. The average molecular weight is 234 g/mol. The molecular formula is C14H22N2O. The number of hydrogen-bond donors (Lipinski definition) is 1. The van der Waals surface area contributed by atoms with Crippen molar-refractivity contribution < 1.29 is 5.11 Å². The Bertz CT molecular complexity index is 345. The van der Waals surface area contributed by atoms with Crippen molar-refractivity contribution in [2.24, 2.45) is 0 Å². The summed E-state index contributed by atoms with van der Waals surface area (Å²) in [6, 6.07) is 4.65. The lowest BCUT2D eigenvalue weighted by Gasteiger charge is -2.27. The maximum atomic E-state index is 9.80. The van der Waals surface area contributed by atoms with Crippen LogP contribution in [0.5, 0.6) is 0 Å². The summed E-state index contributed by atoms with van der Waals surface area (Å²) in [4.78, 5) is 6.66. The second-order valence-corrected chi connectivity index (χ2v) is 5.54. The zero-order chi connectivity index (χ0) is 12.3. The molecule has 3 nitrogen and oxygen atoms in total. The summed E-state index contributed by atoms with van der Waals surface area (Å²) in [7, 11) is 0. The Morgan fingerprint density at radius 2 is 2.35 bits per heavy atom. The molecule has 0 aromatic carbocycles. The summed E-state index contributed by atoms with van der Waals surface area (Å²) in [6.07, 6.45) is 7.05. The fraction of sp³-hybridized carbons (Fsp3) is 0.643. The molecule has 0 spiro atoms. The monoisotopic (exact) mass is 234 g/mol. The van der Waals surface area contributed by atoms with Crippen molar-refractivity contribution in [2.75, 3.05) is 13.1 Å². The minimum Gasteiger partial charge on any atom is -0.390 e. The molecule has 0 bridgehead atoms. The molecule has 1 unspecified atom stereocenters. The molecule has 0 aliphatic carbocycles. The molecular weight excluding hydrogens is 212 g/mol. The van der Waals surface area contributed by atoms with Gasteiger partial charge in [0.2, 0.25) is 0 Å². The molecule has 0 radical (unpaired) electrons. The van der Waals surface area contributed by atoms with E-state index < -0.39 is 5.60 Å². The first kappa shape index (κ1) is 12.5. The summed E-state index contributed by atoms with van der Waals surface area (Å²) in [5, 5.41) is 9.80. The molecule has 1 N–H and O–H groups in total. The molecule has 1 aliphatic heterocycles. The topological polar surface area (TPSA) is 36.4 Å². The van der Waals surface area contributed by atoms with Crippen molar-refractivity contribution in [3.8, 4) is 0 Å². The van der Waals surface area contributed by atoms with Gasteiger partial charge in [0.1, 0.15) is 0 Å². The van der Waals surface area contributed by atoms with Crippen molar-refractivity contribution in [2.45, 2.75) is 44.8 Å². The molecule has 2 heterocycles. The fourth-order valence-corrected chi connectivity index (χ4v) is 2.46. The summed E-state index contributed by atoms with van der Waals surface area (Å²) < 4.78 is 0. The molecule has 3 heteroatoms. The van der Waals surface area contributed by atoms with Crippen LogP contribution in [0.1, 0.15) is 44.7 Å². The van der Waals surface area contributed by atoms with Gasteiger partial charge in [-0.2, -0.15) is 0 Å². The van der Waals surface area contributed by atoms with E-state index >= 15 is 0 Å². The number of aliphatic hydroxyl groups is 1. The summed E-state index contributed by atoms with van der Waals surface area (Å²) in [5.41, 5.74) is 0.739. The van der Waals surface area contributed by atoms with E-state index in [0.717, 1.165) is 19.5 Å². The predicted molar refractivity (Wildman–Crippen MR) is 68.7 cm³/mol.